The van der Waals surface area contributed by atoms with Crippen LogP contribution in [0, 0.1) is 0 Å². The monoisotopic (exact) mass is 361 g/mol. The van der Waals surface area contributed by atoms with E-state index in [0.717, 1.165) is 58.1 Å². The molecule has 0 bridgehead atoms. The summed E-state index contributed by atoms with van der Waals surface area (Å²) in [6.45, 7) is 10.7. The molecule has 5 heteroatoms. The van der Waals surface area contributed by atoms with Gasteiger partial charge in [0.1, 0.15) is 0 Å². The van der Waals surface area contributed by atoms with Crippen molar-refractivity contribution in [1.29, 1.82) is 0 Å². The molecule has 2 N–H and O–H groups in total. The summed E-state index contributed by atoms with van der Waals surface area (Å²) in [7, 11) is 1.80. The number of nitrogens with zero attached hydrogens (tertiary/aromatic N) is 1. The average molecular weight is 362 g/mol. The van der Waals surface area contributed by atoms with Crippen LogP contribution in [0.4, 0.5) is 0 Å². The van der Waals surface area contributed by atoms with Crippen LogP contribution in [0.2, 0.25) is 0 Å². The van der Waals surface area contributed by atoms with E-state index in [1.807, 2.05) is 0 Å². The van der Waals surface area contributed by atoms with Gasteiger partial charge >= 0.3 is 0 Å². The summed E-state index contributed by atoms with van der Waals surface area (Å²) in [5.41, 5.74) is 2.79. The van der Waals surface area contributed by atoms with Crippen molar-refractivity contribution in [3.05, 3.63) is 35.4 Å². The molecule has 0 radical (unpaired) electrons. The van der Waals surface area contributed by atoms with Gasteiger partial charge in [-0.2, -0.15) is 0 Å². The van der Waals surface area contributed by atoms with Crippen LogP contribution in [-0.4, -0.2) is 45.5 Å². The van der Waals surface area contributed by atoms with E-state index in [0.29, 0.717) is 6.10 Å². The highest BCUT2D eigenvalue weighted by molar-refractivity contribution is 5.79. The Labute approximate surface area is 158 Å². The molecule has 5 nitrogen and oxygen atoms in total. The third-order valence-electron chi connectivity index (χ3n) is 4.59. The maximum atomic E-state index is 5.68. The van der Waals surface area contributed by atoms with Gasteiger partial charge in [0.15, 0.2) is 5.96 Å². The summed E-state index contributed by atoms with van der Waals surface area (Å²) >= 11 is 0. The lowest BCUT2D eigenvalue weighted by Gasteiger charge is -2.19. The summed E-state index contributed by atoms with van der Waals surface area (Å²) in [4.78, 5) is 4.27. The third kappa shape index (κ3) is 7.34. The minimum atomic E-state index is 0.190. The minimum Gasteiger partial charge on any atom is -0.379 e. The van der Waals surface area contributed by atoms with Crippen LogP contribution in [0.15, 0.2) is 29.3 Å². The molecule has 0 spiro atoms. The Morgan fingerprint density at radius 1 is 1.23 bits per heavy atom. The van der Waals surface area contributed by atoms with Gasteiger partial charge < -0.3 is 20.1 Å². The van der Waals surface area contributed by atoms with Gasteiger partial charge in [-0.05, 0) is 35.8 Å². The second-order valence-corrected chi connectivity index (χ2v) is 7.86. The van der Waals surface area contributed by atoms with Crippen LogP contribution in [0.1, 0.15) is 51.2 Å². The first kappa shape index (κ1) is 20.7. The molecule has 0 amide bonds. The van der Waals surface area contributed by atoms with E-state index in [4.69, 9.17) is 9.47 Å². The van der Waals surface area contributed by atoms with Crippen molar-refractivity contribution < 1.29 is 9.47 Å². The Bertz CT molecular complexity index is 543. The van der Waals surface area contributed by atoms with E-state index in [-0.39, 0.29) is 5.41 Å². The number of guanidine groups is 1. The lowest BCUT2D eigenvalue weighted by molar-refractivity contribution is 0.0168. The molecule has 2 rings (SSSR count). The quantitative estimate of drug-likeness (QED) is 0.424. The Morgan fingerprint density at radius 3 is 2.62 bits per heavy atom. The Hall–Kier alpha value is -1.59. The average Bonchev–Trinajstić information content (AvgIpc) is 3.13. The highest BCUT2D eigenvalue weighted by Gasteiger charge is 2.15. The number of hydrogen-bond acceptors (Lipinski definition) is 3. The predicted octanol–water partition coefficient (Wildman–Crippen LogP) is 3.23. The molecule has 1 atom stereocenters. The second kappa shape index (κ2) is 10.5. The molecule has 0 saturated carbocycles. The zero-order valence-corrected chi connectivity index (χ0v) is 16.8. The lowest BCUT2D eigenvalue weighted by atomic mass is 9.87. The zero-order chi connectivity index (χ0) is 18.8. The molecule has 1 heterocycles. The molecule has 0 aromatic heterocycles. The highest BCUT2D eigenvalue weighted by atomic mass is 16.5. The molecular weight excluding hydrogens is 326 g/mol. The van der Waals surface area contributed by atoms with Crippen molar-refractivity contribution in [2.75, 3.05) is 33.4 Å². The normalized spacial score (nSPS) is 18.2. The first-order valence-corrected chi connectivity index (χ1v) is 9.72. The van der Waals surface area contributed by atoms with E-state index >= 15 is 0 Å². The Balaban J connectivity index is 1.60. The molecule has 1 saturated heterocycles. The molecular formula is C21H35N3O2. The van der Waals surface area contributed by atoms with Crippen LogP contribution in [0.3, 0.4) is 0 Å². The number of nitrogens with one attached hydrogen (secondary N) is 2. The summed E-state index contributed by atoms with van der Waals surface area (Å²) in [5, 5.41) is 6.69. The number of ether oxygens (including phenoxy) is 2. The first-order chi connectivity index (χ1) is 12.5. The lowest BCUT2D eigenvalue weighted by Crippen LogP contribution is -2.37. The van der Waals surface area contributed by atoms with Crippen LogP contribution in [0.5, 0.6) is 0 Å². The van der Waals surface area contributed by atoms with Gasteiger partial charge in [0, 0.05) is 33.4 Å². The number of rotatable bonds is 8. The van der Waals surface area contributed by atoms with E-state index in [1.165, 1.54) is 11.1 Å². The van der Waals surface area contributed by atoms with Gasteiger partial charge in [-0.15, -0.1) is 0 Å². The molecule has 26 heavy (non-hydrogen) atoms. The molecule has 1 aromatic carbocycles. The number of hydrogen-bond donors (Lipinski definition) is 2. The SMILES string of the molecule is CN=C(NCCCOCC1CCCO1)NCc1ccc(C(C)(C)C)cc1. The molecule has 1 unspecified atom stereocenters. The molecule has 146 valence electrons. The number of benzene rings is 1. The van der Waals surface area contributed by atoms with Crippen molar-refractivity contribution in [3.63, 3.8) is 0 Å². The largest absolute Gasteiger partial charge is 0.379 e. The molecule has 1 fully saturated rings. The Morgan fingerprint density at radius 2 is 2.00 bits per heavy atom. The van der Waals surface area contributed by atoms with Crippen LogP contribution >= 0.6 is 0 Å². The highest BCUT2D eigenvalue weighted by Crippen LogP contribution is 2.22. The topological polar surface area (TPSA) is 54.9 Å². The maximum Gasteiger partial charge on any atom is 0.191 e. The summed E-state index contributed by atoms with van der Waals surface area (Å²) in [5.74, 6) is 0.823. The van der Waals surface area contributed by atoms with Crippen LogP contribution in [0.25, 0.3) is 0 Å². The fourth-order valence-corrected chi connectivity index (χ4v) is 2.90. The van der Waals surface area contributed by atoms with E-state index in [2.05, 4.69) is 60.7 Å². The van der Waals surface area contributed by atoms with Crippen molar-refractivity contribution in [3.8, 4) is 0 Å². The molecule has 0 aliphatic carbocycles. The first-order valence-electron chi connectivity index (χ1n) is 9.72. The van der Waals surface area contributed by atoms with E-state index in [9.17, 15) is 0 Å². The van der Waals surface area contributed by atoms with Crippen molar-refractivity contribution in [2.45, 2.75) is 58.1 Å². The van der Waals surface area contributed by atoms with Gasteiger partial charge in [0.25, 0.3) is 0 Å². The summed E-state index contributed by atoms with van der Waals surface area (Å²) in [6, 6.07) is 8.77. The summed E-state index contributed by atoms with van der Waals surface area (Å²) in [6.07, 6.45) is 3.55. The molecule has 1 aliphatic heterocycles. The van der Waals surface area contributed by atoms with Crippen molar-refractivity contribution in [2.24, 2.45) is 4.99 Å². The Kier molecular flexibility index (Phi) is 8.39. The van der Waals surface area contributed by atoms with Crippen molar-refractivity contribution in [1.82, 2.24) is 10.6 Å². The smallest absolute Gasteiger partial charge is 0.191 e. The molecule has 1 aliphatic rings. The van der Waals surface area contributed by atoms with Gasteiger partial charge in [-0.25, -0.2) is 0 Å². The van der Waals surface area contributed by atoms with Gasteiger partial charge in [0.2, 0.25) is 0 Å². The fraction of sp³-hybridized carbons (Fsp3) is 0.667. The van der Waals surface area contributed by atoms with E-state index < -0.39 is 0 Å². The van der Waals surface area contributed by atoms with Crippen LogP contribution in [-0.2, 0) is 21.4 Å². The van der Waals surface area contributed by atoms with Gasteiger partial charge in [-0.3, -0.25) is 4.99 Å². The predicted molar refractivity (Wildman–Crippen MR) is 108 cm³/mol. The fourth-order valence-electron chi connectivity index (χ4n) is 2.90. The number of aliphatic imine (C=N–C) groups is 1. The van der Waals surface area contributed by atoms with E-state index in [1.54, 1.807) is 7.05 Å². The van der Waals surface area contributed by atoms with Crippen molar-refractivity contribution >= 4 is 5.96 Å². The maximum absolute atomic E-state index is 5.68. The summed E-state index contributed by atoms with van der Waals surface area (Å²) < 4.78 is 11.2. The van der Waals surface area contributed by atoms with Crippen LogP contribution < -0.4 is 10.6 Å². The minimum absolute atomic E-state index is 0.190. The zero-order valence-electron chi connectivity index (χ0n) is 16.8. The second-order valence-electron chi connectivity index (χ2n) is 7.86. The third-order valence-corrected chi connectivity index (χ3v) is 4.59. The molecule has 1 aromatic rings. The van der Waals surface area contributed by atoms with Gasteiger partial charge in [0.05, 0.1) is 12.7 Å². The standard InChI is InChI=1S/C21H35N3O2/c1-21(2,3)18-10-8-17(9-11-18)15-24-20(22-4)23-12-6-13-25-16-19-7-5-14-26-19/h8-11,19H,5-7,12-16H2,1-4H3,(H2,22,23,24). The van der Waals surface area contributed by atoms with Gasteiger partial charge in [-0.1, -0.05) is 45.0 Å².